The van der Waals surface area contributed by atoms with Gasteiger partial charge in [-0.25, -0.2) is 0 Å². The summed E-state index contributed by atoms with van der Waals surface area (Å²) in [5, 5.41) is 2.86. The van der Waals surface area contributed by atoms with E-state index in [0.29, 0.717) is 0 Å². The number of nitrogens with one attached hydrogen (secondary N) is 1. The first-order valence-corrected chi connectivity index (χ1v) is 5.38. The summed E-state index contributed by atoms with van der Waals surface area (Å²) in [7, 11) is 0. The largest absolute Gasteiger partial charge is 0.399 e. The Balaban J connectivity index is 1.87. The van der Waals surface area contributed by atoms with Crippen molar-refractivity contribution in [2.45, 2.75) is 19.3 Å². The van der Waals surface area contributed by atoms with E-state index < -0.39 is 0 Å². The highest BCUT2D eigenvalue weighted by atomic mass is 16.2. The van der Waals surface area contributed by atoms with E-state index in [1.807, 2.05) is 24.3 Å². The minimum absolute atomic E-state index is 0.211. The summed E-state index contributed by atoms with van der Waals surface area (Å²) in [5.74, 6) is 0.424. The Kier molecular flexibility index (Phi) is 2.90. The lowest BCUT2D eigenvalue weighted by atomic mass is 9.98. The lowest BCUT2D eigenvalue weighted by molar-refractivity contribution is -0.122. The van der Waals surface area contributed by atoms with Crippen molar-refractivity contribution in [2.75, 3.05) is 12.3 Å². The molecule has 0 bridgehead atoms. The number of anilines is 1. The maximum atomic E-state index is 11.3. The molecule has 2 rings (SSSR count). The van der Waals surface area contributed by atoms with Crippen molar-refractivity contribution in [3.63, 3.8) is 0 Å². The number of hydrogen-bond donors (Lipinski definition) is 2. The van der Waals surface area contributed by atoms with Crippen molar-refractivity contribution in [1.29, 1.82) is 0 Å². The highest BCUT2D eigenvalue weighted by Gasteiger charge is 2.23. The van der Waals surface area contributed by atoms with Crippen LogP contribution in [0.4, 0.5) is 5.69 Å². The third kappa shape index (κ3) is 2.49. The van der Waals surface area contributed by atoms with E-state index in [0.717, 1.165) is 31.5 Å². The van der Waals surface area contributed by atoms with Crippen LogP contribution in [0.15, 0.2) is 24.3 Å². The Morgan fingerprint density at radius 1 is 1.33 bits per heavy atom. The number of rotatable bonds is 3. The minimum atomic E-state index is 0.211. The van der Waals surface area contributed by atoms with Gasteiger partial charge in [0.1, 0.15) is 0 Å². The predicted molar refractivity (Wildman–Crippen MR) is 60.3 cm³/mol. The van der Waals surface area contributed by atoms with Gasteiger partial charge in [0.25, 0.3) is 0 Å². The van der Waals surface area contributed by atoms with Crippen LogP contribution in [0.3, 0.4) is 0 Å². The van der Waals surface area contributed by atoms with Gasteiger partial charge in [0.15, 0.2) is 0 Å². The van der Waals surface area contributed by atoms with Crippen LogP contribution in [0.25, 0.3) is 0 Å². The first-order valence-electron chi connectivity index (χ1n) is 5.38. The second-order valence-corrected chi connectivity index (χ2v) is 4.06. The van der Waals surface area contributed by atoms with Crippen molar-refractivity contribution in [1.82, 2.24) is 5.32 Å². The van der Waals surface area contributed by atoms with Gasteiger partial charge in [-0.15, -0.1) is 0 Å². The van der Waals surface area contributed by atoms with E-state index in [1.165, 1.54) is 5.56 Å². The molecule has 1 amide bonds. The Labute approximate surface area is 89.7 Å². The molecule has 15 heavy (non-hydrogen) atoms. The van der Waals surface area contributed by atoms with Crippen LogP contribution in [0, 0.1) is 5.92 Å². The number of hydrogen-bond acceptors (Lipinski definition) is 2. The fourth-order valence-corrected chi connectivity index (χ4v) is 1.95. The van der Waals surface area contributed by atoms with Gasteiger partial charge in [-0.1, -0.05) is 12.1 Å². The SMILES string of the molecule is Nc1ccc(CCC2CCNC2=O)cc1. The topological polar surface area (TPSA) is 55.1 Å². The molecular weight excluding hydrogens is 188 g/mol. The van der Waals surface area contributed by atoms with E-state index >= 15 is 0 Å². The first-order chi connectivity index (χ1) is 7.25. The Morgan fingerprint density at radius 2 is 2.07 bits per heavy atom. The molecule has 80 valence electrons. The van der Waals surface area contributed by atoms with Gasteiger partial charge in [0, 0.05) is 18.2 Å². The van der Waals surface area contributed by atoms with Crippen molar-refractivity contribution < 1.29 is 4.79 Å². The highest BCUT2D eigenvalue weighted by molar-refractivity contribution is 5.80. The number of amides is 1. The maximum Gasteiger partial charge on any atom is 0.223 e. The second kappa shape index (κ2) is 4.34. The quantitative estimate of drug-likeness (QED) is 0.730. The number of carbonyl (C=O) groups is 1. The lowest BCUT2D eigenvalue weighted by Crippen LogP contribution is -2.19. The van der Waals surface area contributed by atoms with Gasteiger partial charge in [0.05, 0.1) is 0 Å². The average molecular weight is 204 g/mol. The van der Waals surface area contributed by atoms with Crippen LogP contribution in [0.2, 0.25) is 0 Å². The number of nitrogen functional groups attached to an aromatic ring is 1. The number of benzene rings is 1. The van der Waals surface area contributed by atoms with Crippen molar-refractivity contribution in [3.05, 3.63) is 29.8 Å². The number of nitrogens with two attached hydrogens (primary N) is 1. The smallest absolute Gasteiger partial charge is 0.223 e. The van der Waals surface area contributed by atoms with Crippen LogP contribution in [-0.2, 0) is 11.2 Å². The van der Waals surface area contributed by atoms with Gasteiger partial charge in [-0.05, 0) is 37.0 Å². The Hall–Kier alpha value is -1.51. The van der Waals surface area contributed by atoms with E-state index in [4.69, 9.17) is 5.73 Å². The molecule has 0 saturated carbocycles. The lowest BCUT2D eigenvalue weighted by Gasteiger charge is -2.06. The predicted octanol–water partition coefficient (Wildman–Crippen LogP) is 1.34. The zero-order valence-corrected chi connectivity index (χ0v) is 8.70. The molecule has 1 aliphatic heterocycles. The summed E-state index contributed by atoms with van der Waals surface area (Å²) < 4.78 is 0. The van der Waals surface area contributed by atoms with E-state index in [1.54, 1.807) is 0 Å². The summed E-state index contributed by atoms with van der Waals surface area (Å²) in [4.78, 5) is 11.3. The normalized spacial score (nSPS) is 20.3. The Bertz CT molecular complexity index is 345. The van der Waals surface area contributed by atoms with E-state index in [-0.39, 0.29) is 11.8 Å². The molecule has 3 nitrogen and oxygen atoms in total. The minimum Gasteiger partial charge on any atom is -0.399 e. The first kappa shape index (κ1) is 10.0. The molecule has 0 spiro atoms. The molecule has 3 N–H and O–H groups in total. The summed E-state index contributed by atoms with van der Waals surface area (Å²) in [6.45, 7) is 0.839. The Morgan fingerprint density at radius 3 is 2.67 bits per heavy atom. The molecule has 1 aliphatic rings. The third-order valence-corrected chi connectivity index (χ3v) is 2.92. The van der Waals surface area contributed by atoms with Crippen molar-refractivity contribution in [3.8, 4) is 0 Å². The average Bonchev–Trinajstić information content (AvgIpc) is 2.63. The van der Waals surface area contributed by atoms with Crippen molar-refractivity contribution >= 4 is 11.6 Å². The molecule has 1 fully saturated rings. The van der Waals surface area contributed by atoms with Gasteiger partial charge >= 0.3 is 0 Å². The monoisotopic (exact) mass is 204 g/mol. The van der Waals surface area contributed by atoms with Crippen LogP contribution in [0.5, 0.6) is 0 Å². The fourth-order valence-electron chi connectivity index (χ4n) is 1.95. The van der Waals surface area contributed by atoms with E-state index in [2.05, 4.69) is 5.32 Å². The highest BCUT2D eigenvalue weighted by Crippen LogP contribution is 2.17. The molecule has 1 atom stereocenters. The molecule has 1 unspecified atom stereocenters. The summed E-state index contributed by atoms with van der Waals surface area (Å²) in [5.41, 5.74) is 7.65. The zero-order chi connectivity index (χ0) is 10.7. The fraction of sp³-hybridized carbons (Fsp3) is 0.417. The molecule has 3 heteroatoms. The second-order valence-electron chi connectivity index (χ2n) is 4.06. The molecule has 0 aromatic heterocycles. The van der Waals surface area contributed by atoms with Gasteiger partial charge in [-0.3, -0.25) is 4.79 Å². The number of carbonyl (C=O) groups excluding carboxylic acids is 1. The molecule has 1 aromatic rings. The summed E-state index contributed by atoms with van der Waals surface area (Å²) in [6.07, 6.45) is 2.88. The van der Waals surface area contributed by atoms with Crippen LogP contribution in [-0.4, -0.2) is 12.5 Å². The maximum absolute atomic E-state index is 11.3. The van der Waals surface area contributed by atoms with Gasteiger partial charge in [-0.2, -0.15) is 0 Å². The summed E-state index contributed by atoms with van der Waals surface area (Å²) >= 11 is 0. The summed E-state index contributed by atoms with van der Waals surface area (Å²) in [6, 6.07) is 7.87. The molecule has 1 aromatic carbocycles. The van der Waals surface area contributed by atoms with Crippen molar-refractivity contribution in [2.24, 2.45) is 5.92 Å². The van der Waals surface area contributed by atoms with Gasteiger partial charge < -0.3 is 11.1 Å². The van der Waals surface area contributed by atoms with Crippen LogP contribution in [0.1, 0.15) is 18.4 Å². The van der Waals surface area contributed by atoms with Crippen LogP contribution < -0.4 is 11.1 Å². The zero-order valence-electron chi connectivity index (χ0n) is 8.70. The molecular formula is C12H16N2O. The molecule has 1 heterocycles. The van der Waals surface area contributed by atoms with Crippen LogP contribution >= 0.6 is 0 Å². The number of aryl methyl sites for hydroxylation is 1. The molecule has 0 aliphatic carbocycles. The molecule has 0 radical (unpaired) electrons. The standard InChI is InChI=1S/C12H16N2O/c13-11-5-2-9(3-6-11)1-4-10-7-8-14-12(10)15/h2-3,5-6,10H,1,4,7-8,13H2,(H,14,15). The van der Waals surface area contributed by atoms with E-state index in [9.17, 15) is 4.79 Å². The third-order valence-electron chi connectivity index (χ3n) is 2.92. The molecule has 1 saturated heterocycles. The van der Waals surface area contributed by atoms with Gasteiger partial charge in [0.2, 0.25) is 5.91 Å².